The number of carboxylic acid groups (broad SMARTS) is 1. The average Bonchev–Trinajstić information content (AvgIpc) is 2.71. The van der Waals surface area contributed by atoms with E-state index in [0.29, 0.717) is 0 Å². The molecule has 1 heterocycles. The Morgan fingerprint density at radius 1 is 1.32 bits per heavy atom. The Hall–Kier alpha value is -2.39. The van der Waals surface area contributed by atoms with Crippen molar-refractivity contribution in [3.8, 4) is 11.6 Å². The molecule has 0 radical (unpaired) electrons. The van der Waals surface area contributed by atoms with Crippen molar-refractivity contribution in [1.29, 1.82) is 0 Å². The Kier molecular flexibility index (Phi) is 3.00. The lowest BCUT2D eigenvalue weighted by atomic mass is 10.3. The summed E-state index contributed by atoms with van der Waals surface area (Å²) < 4.78 is 23.3. The number of hydrogen-bond donors (Lipinski definition) is 3. The number of carbonyl (C=O) groups is 1. The van der Waals surface area contributed by atoms with Gasteiger partial charge in [0.2, 0.25) is 15.9 Å². The number of primary sulfonamides is 1. The van der Waals surface area contributed by atoms with E-state index in [-0.39, 0.29) is 16.3 Å². The molecule has 4 N–H and O–H groups in total. The van der Waals surface area contributed by atoms with E-state index in [4.69, 9.17) is 10.2 Å². The number of carboxylic acids is 1. The molecule has 19 heavy (non-hydrogen) atoms. The van der Waals surface area contributed by atoms with Crippen LogP contribution in [0.1, 0.15) is 10.5 Å². The largest absolute Gasteiger partial charge is 0.493 e. The standard InChI is InChI=1S/C10H9N3O5S/c11-19(17,18)7-3-1-2-6(4-7)13-9(14)5-8(12-13)10(15)16/h1-5,14H,(H,15,16)(H2,11,17,18). The molecule has 0 atom stereocenters. The molecule has 0 aliphatic carbocycles. The van der Waals surface area contributed by atoms with Crippen molar-refractivity contribution in [2.75, 3.05) is 0 Å². The van der Waals surface area contributed by atoms with Crippen molar-refractivity contribution < 1.29 is 23.4 Å². The molecule has 0 saturated heterocycles. The van der Waals surface area contributed by atoms with Gasteiger partial charge in [-0.25, -0.2) is 23.0 Å². The van der Waals surface area contributed by atoms with E-state index in [9.17, 15) is 18.3 Å². The Morgan fingerprint density at radius 3 is 2.53 bits per heavy atom. The van der Waals surface area contributed by atoms with Crippen molar-refractivity contribution in [3.05, 3.63) is 36.0 Å². The third-order valence-electron chi connectivity index (χ3n) is 2.30. The summed E-state index contributed by atoms with van der Waals surface area (Å²) in [4.78, 5) is 10.6. The number of rotatable bonds is 3. The van der Waals surface area contributed by atoms with Crippen molar-refractivity contribution in [2.45, 2.75) is 4.90 Å². The molecule has 0 aliphatic heterocycles. The zero-order valence-corrected chi connectivity index (χ0v) is 10.2. The van der Waals surface area contributed by atoms with Gasteiger partial charge in [-0.15, -0.1) is 0 Å². The minimum atomic E-state index is -3.89. The van der Waals surface area contributed by atoms with Crippen LogP contribution in [-0.2, 0) is 10.0 Å². The summed E-state index contributed by atoms with van der Waals surface area (Å²) in [6.45, 7) is 0. The van der Waals surface area contributed by atoms with Gasteiger partial charge in [-0.1, -0.05) is 6.07 Å². The topological polar surface area (TPSA) is 136 Å². The first-order valence-electron chi connectivity index (χ1n) is 4.94. The highest BCUT2D eigenvalue weighted by atomic mass is 32.2. The molecule has 0 saturated carbocycles. The lowest BCUT2D eigenvalue weighted by Gasteiger charge is -2.04. The van der Waals surface area contributed by atoms with Gasteiger partial charge in [0.15, 0.2) is 5.69 Å². The summed E-state index contributed by atoms with van der Waals surface area (Å²) in [7, 11) is -3.89. The Bertz CT molecular complexity index is 750. The summed E-state index contributed by atoms with van der Waals surface area (Å²) in [6, 6.07) is 6.25. The lowest BCUT2D eigenvalue weighted by Crippen LogP contribution is -2.12. The van der Waals surface area contributed by atoms with Gasteiger partial charge in [0.25, 0.3) is 0 Å². The number of sulfonamides is 1. The van der Waals surface area contributed by atoms with Gasteiger partial charge >= 0.3 is 5.97 Å². The first kappa shape index (κ1) is 13.1. The van der Waals surface area contributed by atoms with Crippen molar-refractivity contribution in [1.82, 2.24) is 9.78 Å². The van der Waals surface area contributed by atoms with Crippen LogP contribution < -0.4 is 5.14 Å². The van der Waals surface area contributed by atoms with E-state index in [1.807, 2.05) is 0 Å². The summed E-state index contributed by atoms with van der Waals surface area (Å²) in [5.41, 5.74) is -0.185. The molecule has 0 spiro atoms. The summed E-state index contributed by atoms with van der Waals surface area (Å²) >= 11 is 0. The third kappa shape index (κ3) is 2.56. The van der Waals surface area contributed by atoms with E-state index in [1.54, 1.807) is 0 Å². The predicted molar refractivity (Wildman–Crippen MR) is 63.6 cm³/mol. The zero-order chi connectivity index (χ0) is 14.2. The number of benzene rings is 1. The van der Waals surface area contributed by atoms with Crippen LogP contribution in [0.5, 0.6) is 5.88 Å². The van der Waals surface area contributed by atoms with E-state index in [0.717, 1.165) is 10.7 Å². The van der Waals surface area contributed by atoms with Gasteiger partial charge < -0.3 is 10.2 Å². The van der Waals surface area contributed by atoms with Crippen LogP contribution in [0.3, 0.4) is 0 Å². The summed E-state index contributed by atoms with van der Waals surface area (Å²) in [5, 5.41) is 26.9. The second kappa shape index (κ2) is 4.37. The molecule has 0 amide bonds. The van der Waals surface area contributed by atoms with Crippen LogP contribution in [0.25, 0.3) is 5.69 Å². The molecule has 2 aromatic rings. The molecular weight excluding hydrogens is 274 g/mol. The van der Waals surface area contributed by atoms with Crippen molar-refractivity contribution in [2.24, 2.45) is 5.14 Å². The highest BCUT2D eigenvalue weighted by molar-refractivity contribution is 7.89. The molecule has 0 fully saturated rings. The van der Waals surface area contributed by atoms with Gasteiger partial charge in [0.05, 0.1) is 10.6 Å². The quantitative estimate of drug-likeness (QED) is 0.721. The van der Waals surface area contributed by atoms with E-state index < -0.39 is 21.9 Å². The minimum Gasteiger partial charge on any atom is -0.493 e. The zero-order valence-electron chi connectivity index (χ0n) is 9.39. The van der Waals surface area contributed by atoms with E-state index in [2.05, 4.69) is 5.10 Å². The fourth-order valence-corrected chi connectivity index (χ4v) is 2.01. The third-order valence-corrected chi connectivity index (χ3v) is 3.21. The van der Waals surface area contributed by atoms with Gasteiger partial charge in [0.1, 0.15) is 0 Å². The molecule has 100 valence electrons. The van der Waals surface area contributed by atoms with E-state index in [1.165, 1.54) is 24.3 Å². The van der Waals surface area contributed by atoms with Crippen molar-refractivity contribution >= 4 is 16.0 Å². The highest BCUT2D eigenvalue weighted by Crippen LogP contribution is 2.20. The molecule has 0 bridgehead atoms. The van der Waals surface area contributed by atoms with Crippen LogP contribution >= 0.6 is 0 Å². The maximum atomic E-state index is 11.2. The fraction of sp³-hybridized carbons (Fsp3) is 0. The van der Waals surface area contributed by atoms with Gasteiger partial charge in [-0.3, -0.25) is 0 Å². The normalized spacial score (nSPS) is 11.4. The molecule has 0 unspecified atom stereocenters. The van der Waals surface area contributed by atoms with E-state index >= 15 is 0 Å². The van der Waals surface area contributed by atoms with Crippen LogP contribution in [0.2, 0.25) is 0 Å². The Balaban J connectivity index is 2.57. The number of nitrogens with two attached hydrogens (primary N) is 1. The fourth-order valence-electron chi connectivity index (χ4n) is 1.46. The summed E-state index contributed by atoms with van der Waals surface area (Å²) in [5.74, 6) is -1.74. The van der Waals surface area contributed by atoms with Gasteiger partial charge in [-0.05, 0) is 18.2 Å². The van der Waals surface area contributed by atoms with Crippen LogP contribution in [0.4, 0.5) is 0 Å². The maximum Gasteiger partial charge on any atom is 0.356 e. The minimum absolute atomic E-state index is 0.170. The molecule has 9 heteroatoms. The molecular formula is C10H9N3O5S. The van der Waals surface area contributed by atoms with Crippen LogP contribution in [0, 0.1) is 0 Å². The van der Waals surface area contributed by atoms with Gasteiger partial charge in [-0.2, -0.15) is 5.10 Å². The maximum absolute atomic E-state index is 11.2. The first-order valence-corrected chi connectivity index (χ1v) is 6.49. The number of hydrogen-bond acceptors (Lipinski definition) is 5. The van der Waals surface area contributed by atoms with Crippen LogP contribution in [0.15, 0.2) is 35.2 Å². The second-order valence-electron chi connectivity index (χ2n) is 3.65. The number of aromatic hydroxyl groups is 1. The molecule has 2 rings (SSSR count). The summed E-state index contributed by atoms with van der Waals surface area (Å²) in [6.07, 6.45) is 0. The Labute approximate surface area is 107 Å². The van der Waals surface area contributed by atoms with Gasteiger partial charge in [0, 0.05) is 6.07 Å². The molecule has 1 aromatic heterocycles. The second-order valence-corrected chi connectivity index (χ2v) is 5.21. The monoisotopic (exact) mass is 283 g/mol. The lowest BCUT2D eigenvalue weighted by molar-refractivity contribution is 0.0690. The molecule has 8 nitrogen and oxygen atoms in total. The smallest absolute Gasteiger partial charge is 0.356 e. The molecule has 1 aromatic carbocycles. The highest BCUT2D eigenvalue weighted by Gasteiger charge is 2.15. The number of aromatic carboxylic acids is 1. The SMILES string of the molecule is NS(=O)(=O)c1cccc(-n2nc(C(=O)O)cc2O)c1. The van der Waals surface area contributed by atoms with Crippen LogP contribution in [-0.4, -0.2) is 34.4 Å². The molecule has 0 aliphatic rings. The van der Waals surface area contributed by atoms with Crippen molar-refractivity contribution in [3.63, 3.8) is 0 Å². The predicted octanol–water partition coefficient (Wildman–Crippen LogP) is -0.0765. The average molecular weight is 283 g/mol. The Morgan fingerprint density at radius 2 is 2.00 bits per heavy atom. The number of aromatic nitrogens is 2. The first-order chi connectivity index (χ1) is 8.79. The number of nitrogens with zero attached hydrogens (tertiary/aromatic N) is 2.